The molecule has 1 aromatic heterocycles. The molecule has 0 bridgehead atoms. The lowest BCUT2D eigenvalue weighted by molar-refractivity contribution is 0.122. The van der Waals surface area contributed by atoms with Gasteiger partial charge in [0.1, 0.15) is 11.6 Å². The Kier molecular flexibility index (Phi) is 7.56. The first-order chi connectivity index (χ1) is 18.2. The normalized spacial score (nSPS) is 13.4. The highest BCUT2D eigenvalue weighted by molar-refractivity contribution is 5.93. The minimum Gasteiger partial charge on any atom is -0.497 e. The third kappa shape index (κ3) is 5.54. The second kappa shape index (κ2) is 11.3. The van der Waals surface area contributed by atoms with E-state index in [0.717, 1.165) is 52.3 Å². The Labute approximate surface area is 216 Å². The largest absolute Gasteiger partial charge is 0.497 e. The van der Waals surface area contributed by atoms with Crippen molar-refractivity contribution in [3.8, 4) is 34.4 Å². The molecule has 37 heavy (non-hydrogen) atoms. The fourth-order valence-corrected chi connectivity index (χ4v) is 4.43. The number of hydrogen-bond donors (Lipinski definition) is 0. The molecule has 5 rings (SSSR count). The first kappa shape index (κ1) is 24.6. The number of hydrogen-bond acceptors (Lipinski definition) is 8. The van der Waals surface area contributed by atoms with Crippen LogP contribution in [-0.4, -0.2) is 64.2 Å². The summed E-state index contributed by atoms with van der Waals surface area (Å²) in [5, 5.41) is 0.988. The molecule has 1 aliphatic rings. The summed E-state index contributed by atoms with van der Waals surface area (Å²) in [5.74, 6) is 3.10. The Morgan fingerprint density at radius 3 is 2.27 bits per heavy atom. The van der Waals surface area contributed by atoms with E-state index in [0.29, 0.717) is 43.8 Å². The van der Waals surface area contributed by atoms with Crippen LogP contribution in [-0.2, 0) is 11.2 Å². The summed E-state index contributed by atoms with van der Waals surface area (Å²) in [4.78, 5) is 11.8. The first-order valence-electron chi connectivity index (χ1n) is 12.3. The number of anilines is 1. The number of aromatic nitrogens is 2. The lowest BCUT2D eigenvalue weighted by Gasteiger charge is -2.29. The van der Waals surface area contributed by atoms with Crippen molar-refractivity contribution in [1.29, 1.82) is 0 Å². The summed E-state index contributed by atoms with van der Waals surface area (Å²) < 4.78 is 27.7. The molecule has 192 valence electrons. The van der Waals surface area contributed by atoms with Crippen LogP contribution in [0.3, 0.4) is 0 Å². The molecule has 1 saturated heterocycles. The maximum absolute atomic E-state index is 6.05. The van der Waals surface area contributed by atoms with Crippen molar-refractivity contribution in [2.45, 2.75) is 6.42 Å². The maximum Gasteiger partial charge on any atom is 0.318 e. The van der Waals surface area contributed by atoms with Crippen LogP contribution in [0.1, 0.15) is 5.56 Å². The molecule has 0 radical (unpaired) electrons. The standard InChI is InChI=1S/C29H31N3O5/c1-33-23-8-5-21(6-9-23)22-7-10-25-24(19-22)28(32-13-16-36-17-14-32)31-29(30-25)37-15-12-20-4-11-26(34-2)27(18-20)35-3/h4-11,18-19H,12-17H2,1-3H3. The van der Waals surface area contributed by atoms with Gasteiger partial charge in [0.2, 0.25) is 0 Å². The van der Waals surface area contributed by atoms with Crippen LogP contribution in [0.25, 0.3) is 22.0 Å². The lowest BCUT2D eigenvalue weighted by atomic mass is 10.0. The van der Waals surface area contributed by atoms with E-state index in [9.17, 15) is 0 Å². The van der Waals surface area contributed by atoms with E-state index >= 15 is 0 Å². The Bertz CT molecular complexity index is 1350. The van der Waals surface area contributed by atoms with Gasteiger partial charge in [-0.25, -0.2) is 0 Å². The number of fused-ring (bicyclic) bond motifs is 1. The molecule has 0 unspecified atom stereocenters. The summed E-state index contributed by atoms with van der Waals surface area (Å²) in [5.41, 5.74) is 4.12. The summed E-state index contributed by atoms with van der Waals surface area (Å²) in [6.45, 7) is 3.31. The second-order valence-electron chi connectivity index (χ2n) is 8.68. The molecule has 1 fully saturated rings. The predicted octanol–water partition coefficient (Wildman–Crippen LogP) is 4.78. The monoisotopic (exact) mass is 501 g/mol. The molecule has 0 amide bonds. The zero-order valence-corrected chi connectivity index (χ0v) is 21.4. The molecule has 0 atom stereocenters. The van der Waals surface area contributed by atoms with Gasteiger partial charge in [-0.15, -0.1) is 0 Å². The smallest absolute Gasteiger partial charge is 0.318 e. The van der Waals surface area contributed by atoms with E-state index in [1.54, 1.807) is 21.3 Å². The minimum atomic E-state index is 0.367. The van der Waals surface area contributed by atoms with Gasteiger partial charge in [0.25, 0.3) is 0 Å². The number of nitrogens with zero attached hydrogens (tertiary/aromatic N) is 3. The van der Waals surface area contributed by atoms with Crippen LogP contribution in [0.5, 0.6) is 23.3 Å². The molecule has 8 heteroatoms. The molecule has 0 spiro atoms. The van der Waals surface area contributed by atoms with Crippen molar-refractivity contribution in [3.63, 3.8) is 0 Å². The third-order valence-electron chi connectivity index (χ3n) is 6.46. The first-order valence-corrected chi connectivity index (χ1v) is 12.3. The van der Waals surface area contributed by atoms with Crippen molar-refractivity contribution in [3.05, 3.63) is 66.2 Å². The van der Waals surface area contributed by atoms with Crippen molar-refractivity contribution in [1.82, 2.24) is 9.97 Å². The number of rotatable bonds is 9. The zero-order chi connectivity index (χ0) is 25.6. The molecule has 0 N–H and O–H groups in total. The zero-order valence-electron chi connectivity index (χ0n) is 21.4. The highest BCUT2D eigenvalue weighted by Gasteiger charge is 2.19. The van der Waals surface area contributed by atoms with Crippen LogP contribution >= 0.6 is 0 Å². The topological polar surface area (TPSA) is 75.2 Å². The molecular formula is C29H31N3O5. The third-order valence-corrected chi connectivity index (χ3v) is 6.46. The van der Waals surface area contributed by atoms with Crippen LogP contribution < -0.4 is 23.8 Å². The van der Waals surface area contributed by atoms with Crippen molar-refractivity contribution in [2.24, 2.45) is 0 Å². The van der Waals surface area contributed by atoms with E-state index in [1.165, 1.54) is 0 Å². The summed E-state index contributed by atoms with van der Waals surface area (Å²) in [6.07, 6.45) is 0.686. The summed E-state index contributed by atoms with van der Waals surface area (Å²) in [6, 6.07) is 20.5. The average molecular weight is 502 g/mol. The highest BCUT2D eigenvalue weighted by atomic mass is 16.5. The van der Waals surface area contributed by atoms with Gasteiger partial charge in [0.05, 0.1) is 46.7 Å². The molecule has 3 aromatic carbocycles. The van der Waals surface area contributed by atoms with Gasteiger partial charge in [-0.05, 0) is 53.1 Å². The lowest BCUT2D eigenvalue weighted by Crippen LogP contribution is -2.37. The van der Waals surface area contributed by atoms with Crippen LogP contribution in [0.4, 0.5) is 5.82 Å². The van der Waals surface area contributed by atoms with E-state index in [2.05, 4.69) is 29.2 Å². The maximum atomic E-state index is 6.05. The Balaban J connectivity index is 1.41. The van der Waals surface area contributed by atoms with Crippen molar-refractivity contribution < 1.29 is 23.7 Å². The van der Waals surface area contributed by atoms with Crippen LogP contribution in [0.15, 0.2) is 60.7 Å². The van der Waals surface area contributed by atoms with Gasteiger partial charge in [0.15, 0.2) is 11.5 Å². The number of morpholine rings is 1. The fourth-order valence-electron chi connectivity index (χ4n) is 4.43. The van der Waals surface area contributed by atoms with Crippen LogP contribution in [0.2, 0.25) is 0 Å². The van der Waals surface area contributed by atoms with Crippen molar-refractivity contribution >= 4 is 16.7 Å². The van der Waals surface area contributed by atoms with E-state index < -0.39 is 0 Å². The quantitative estimate of drug-likeness (QED) is 0.324. The number of benzene rings is 3. The summed E-state index contributed by atoms with van der Waals surface area (Å²) in [7, 11) is 4.93. The van der Waals surface area contributed by atoms with Gasteiger partial charge in [-0.1, -0.05) is 24.3 Å². The molecule has 1 aliphatic heterocycles. The van der Waals surface area contributed by atoms with E-state index in [4.69, 9.17) is 33.7 Å². The molecule has 2 heterocycles. The number of ether oxygens (including phenoxy) is 5. The van der Waals surface area contributed by atoms with Gasteiger partial charge in [-0.3, -0.25) is 0 Å². The minimum absolute atomic E-state index is 0.367. The molecule has 8 nitrogen and oxygen atoms in total. The molecular weight excluding hydrogens is 470 g/mol. The molecule has 0 aliphatic carbocycles. The Morgan fingerprint density at radius 1 is 0.784 bits per heavy atom. The van der Waals surface area contributed by atoms with Gasteiger partial charge in [0, 0.05) is 24.9 Å². The number of methoxy groups -OCH3 is 3. The van der Waals surface area contributed by atoms with E-state index in [1.807, 2.05) is 36.4 Å². The summed E-state index contributed by atoms with van der Waals surface area (Å²) >= 11 is 0. The Morgan fingerprint density at radius 2 is 1.54 bits per heavy atom. The molecule has 4 aromatic rings. The average Bonchev–Trinajstić information content (AvgIpc) is 2.97. The molecule has 0 saturated carbocycles. The van der Waals surface area contributed by atoms with Gasteiger partial charge in [-0.2, -0.15) is 9.97 Å². The van der Waals surface area contributed by atoms with Gasteiger partial charge >= 0.3 is 6.01 Å². The Hall–Kier alpha value is -4.04. The van der Waals surface area contributed by atoms with Gasteiger partial charge < -0.3 is 28.6 Å². The highest BCUT2D eigenvalue weighted by Crippen LogP contribution is 2.32. The van der Waals surface area contributed by atoms with E-state index in [-0.39, 0.29) is 0 Å². The van der Waals surface area contributed by atoms with Crippen LogP contribution in [0, 0.1) is 0 Å². The predicted molar refractivity (Wildman–Crippen MR) is 143 cm³/mol. The van der Waals surface area contributed by atoms with Crippen molar-refractivity contribution in [2.75, 3.05) is 59.1 Å². The SMILES string of the molecule is COc1ccc(-c2ccc3nc(OCCc4ccc(OC)c(OC)c4)nc(N4CCOCC4)c3c2)cc1. The fraction of sp³-hybridized carbons (Fsp3) is 0.310. The second-order valence-corrected chi connectivity index (χ2v) is 8.68.